The van der Waals surface area contributed by atoms with E-state index in [1.54, 1.807) is 31.5 Å². The lowest BCUT2D eigenvalue weighted by Crippen LogP contribution is -2.34. The number of aromatic nitrogens is 2. The molecule has 1 aromatic carbocycles. The van der Waals surface area contributed by atoms with Crippen LogP contribution in [0, 0.1) is 0 Å². The van der Waals surface area contributed by atoms with Crippen molar-refractivity contribution in [1.29, 1.82) is 0 Å². The van der Waals surface area contributed by atoms with Crippen LogP contribution in [0.5, 0.6) is 0 Å². The fraction of sp³-hybridized carbons (Fsp3) is 0.333. The second-order valence-electron chi connectivity index (χ2n) is 7.73. The van der Waals surface area contributed by atoms with Gasteiger partial charge in [-0.25, -0.2) is 4.79 Å². The topological polar surface area (TPSA) is 84.4 Å². The highest BCUT2D eigenvalue weighted by molar-refractivity contribution is 6.06. The summed E-state index contributed by atoms with van der Waals surface area (Å²) in [5.41, 5.74) is 3.68. The van der Waals surface area contributed by atoms with Gasteiger partial charge in [0.15, 0.2) is 6.10 Å². The Balaban J connectivity index is 1.62. The van der Waals surface area contributed by atoms with Crippen LogP contribution in [0.2, 0.25) is 0 Å². The van der Waals surface area contributed by atoms with Crippen molar-refractivity contribution in [2.45, 2.75) is 39.3 Å². The Labute approximate surface area is 181 Å². The van der Waals surface area contributed by atoms with Crippen molar-refractivity contribution in [3.05, 3.63) is 65.6 Å². The second kappa shape index (κ2) is 9.22. The summed E-state index contributed by atoms with van der Waals surface area (Å²) in [6, 6.07) is 11.0. The first kappa shape index (κ1) is 20.9. The zero-order valence-electron chi connectivity index (χ0n) is 17.8. The molecular weight excluding hydrogens is 392 g/mol. The molecule has 2 aromatic heterocycles. The summed E-state index contributed by atoms with van der Waals surface area (Å²) >= 11 is 0. The predicted octanol–water partition coefficient (Wildman–Crippen LogP) is 3.58. The van der Waals surface area contributed by atoms with Crippen molar-refractivity contribution in [2.75, 3.05) is 18.4 Å². The van der Waals surface area contributed by atoms with Gasteiger partial charge in [0, 0.05) is 42.4 Å². The Morgan fingerprint density at radius 1 is 1.23 bits per heavy atom. The lowest BCUT2D eigenvalue weighted by molar-refractivity contribution is -0.123. The van der Waals surface area contributed by atoms with Crippen molar-refractivity contribution in [2.24, 2.45) is 0 Å². The molecule has 1 amide bonds. The number of nitrogens with zero attached hydrogens (tertiary/aromatic N) is 3. The lowest BCUT2D eigenvalue weighted by Gasteiger charge is -2.29. The summed E-state index contributed by atoms with van der Waals surface area (Å²) in [4.78, 5) is 36.9. The number of carbonyl (C=O) groups is 2. The minimum absolute atomic E-state index is 0.402. The molecule has 0 saturated heterocycles. The molecule has 160 valence electrons. The minimum Gasteiger partial charge on any atom is -0.449 e. The number of para-hydroxylation sites is 1. The van der Waals surface area contributed by atoms with Gasteiger partial charge in [-0.3, -0.25) is 19.7 Å². The van der Waals surface area contributed by atoms with Crippen LogP contribution >= 0.6 is 0 Å². The fourth-order valence-electron chi connectivity index (χ4n) is 3.94. The van der Waals surface area contributed by atoms with Gasteiger partial charge in [0.25, 0.3) is 5.91 Å². The number of pyridine rings is 2. The van der Waals surface area contributed by atoms with Crippen LogP contribution in [-0.2, 0) is 22.5 Å². The van der Waals surface area contributed by atoms with Crippen molar-refractivity contribution >= 4 is 28.5 Å². The van der Waals surface area contributed by atoms with Gasteiger partial charge < -0.3 is 10.1 Å². The number of anilines is 1. The van der Waals surface area contributed by atoms with Gasteiger partial charge in [0.2, 0.25) is 0 Å². The van der Waals surface area contributed by atoms with E-state index < -0.39 is 18.0 Å². The number of benzene rings is 1. The first-order valence-corrected chi connectivity index (χ1v) is 10.6. The van der Waals surface area contributed by atoms with Gasteiger partial charge in [0.05, 0.1) is 23.0 Å². The fourth-order valence-corrected chi connectivity index (χ4v) is 3.94. The van der Waals surface area contributed by atoms with Crippen LogP contribution in [0.15, 0.2) is 48.8 Å². The number of rotatable bonds is 6. The molecule has 3 aromatic rings. The van der Waals surface area contributed by atoms with Crippen LogP contribution in [0.25, 0.3) is 10.9 Å². The van der Waals surface area contributed by atoms with E-state index in [0.29, 0.717) is 17.8 Å². The molecule has 0 fully saturated rings. The Hall–Kier alpha value is -3.32. The van der Waals surface area contributed by atoms with Crippen molar-refractivity contribution < 1.29 is 14.3 Å². The molecule has 0 saturated carbocycles. The normalized spacial score (nSPS) is 14.6. The Morgan fingerprint density at radius 2 is 2.06 bits per heavy atom. The Kier molecular flexibility index (Phi) is 6.23. The van der Waals surface area contributed by atoms with Crippen molar-refractivity contribution in [1.82, 2.24) is 14.9 Å². The summed E-state index contributed by atoms with van der Waals surface area (Å²) in [5, 5.41) is 3.48. The van der Waals surface area contributed by atoms with Crippen LogP contribution < -0.4 is 5.32 Å². The van der Waals surface area contributed by atoms with E-state index in [-0.39, 0.29) is 0 Å². The molecule has 1 atom stereocenters. The molecule has 0 spiro atoms. The molecule has 1 aliphatic heterocycles. The third-order valence-corrected chi connectivity index (χ3v) is 5.45. The molecule has 1 aliphatic rings. The minimum atomic E-state index is -0.953. The number of amides is 1. The number of nitrogens with one attached hydrogen (secondary N) is 1. The first-order valence-electron chi connectivity index (χ1n) is 10.6. The number of ether oxygens (including phenoxy) is 1. The Bertz CT molecular complexity index is 1100. The van der Waals surface area contributed by atoms with E-state index in [0.717, 1.165) is 48.1 Å². The highest BCUT2D eigenvalue weighted by atomic mass is 16.5. The van der Waals surface area contributed by atoms with Crippen molar-refractivity contribution in [3.63, 3.8) is 0 Å². The maximum absolute atomic E-state index is 13.3. The largest absolute Gasteiger partial charge is 0.449 e. The maximum Gasteiger partial charge on any atom is 0.339 e. The number of hydrogen-bond acceptors (Lipinski definition) is 6. The van der Waals surface area contributed by atoms with E-state index in [2.05, 4.69) is 22.1 Å². The van der Waals surface area contributed by atoms with Gasteiger partial charge in [-0.2, -0.15) is 0 Å². The zero-order chi connectivity index (χ0) is 21.8. The quantitative estimate of drug-likeness (QED) is 0.616. The summed E-state index contributed by atoms with van der Waals surface area (Å²) in [7, 11) is 0. The zero-order valence-corrected chi connectivity index (χ0v) is 17.8. The van der Waals surface area contributed by atoms with Crippen LogP contribution in [0.4, 0.5) is 5.69 Å². The summed E-state index contributed by atoms with van der Waals surface area (Å²) in [5.74, 6) is -0.900. The molecular formula is C24H26N4O3. The first-order chi connectivity index (χ1) is 15.1. The SMILES string of the molecule is CCCN1CCc2nc3ccccc3c(C(=O)OC(C)C(=O)Nc3cccnc3)c2C1. The standard InChI is InChI=1S/C24H26N4O3/c1-3-12-28-13-10-21-19(15-28)22(18-8-4-5-9-20(18)27-21)24(30)31-16(2)23(29)26-17-7-6-11-25-14-17/h4-9,11,14,16H,3,10,12-13,15H2,1-2H3,(H,26,29). The van der Waals surface area contributed by atoms with Crippen LogP contribution in [0.3, 0.4) is 0 Å². The van der Waals surface area contributed by atoms with E-state index in [1.165, 1.54) is 0 Å². The number of fused-ring (bicyclic) bond motifs is 2. The Morgan fingerprint density at radius 3 is 2.84 bits per heavy atom. The number of hydrogen-bond donors (Lipinski definition) is 1. The molecule has 0 bridgehead atoms. The lowest BCUT2D eigenvalue weighted by atomic mass is 9.95. The average Bonchev–Trinajstić information content (AvgIpc) is 2.78. The monoisotopic (exact) mass is 418 g/mol. The van der Waals surface area contributed by atoms with Gasteiger partial charge in [-0.1, -0.05) is 25.1 Å². The second-order valence-corrected chi connectivity index (χ2v) is 7.73. The molecule has 7 nitrogen and oxygen atoms in total. The summed E-state index contributed by atoms with van der Waals surface area (Å²) < 4.78 is 5.62. The molecule has 0 radical (unpaired) electrons. The van der Waals surface area contributed by atoms with Crippen LogP contribution in [0.1, 0.15) is 41.9 Å². The summed E-state index contributed by atoms with van der Waals surface area (Å²) in [6.45, 7) is 6.26. The third-order valence-electron chi connectivity index (χ3n) is 5.45. The molecule has 0 aliphatic carbocycles. The van der Waals surface area contributed by atoms with E-state index >= 15 is 0 Å². The maximum atomic E-state index is 13.3. The number of esters is 1. The molecule has 1 N–H and O–H groups in total. The van der Waals surface area contributed by atoms with Crippen molar-refractivity contribution in [3.8, 4) is 0 Å². The number of carbonyl (C=O) groups excluding carboxylic acids is 2. The highest BCUT2D eigenvalue weighted by Crippen LogP contribution is 2.29. The molecule has 4 rings (SSSR count). The van der Waals surface area contributed by atoms with Gasteiger partial charge in [-0.05, 0) is 38.1 Å². The van der Waals surface area contributed by atoms with Gasteiger partial charge in [0.1, 0.15) is 0 Å². The van der Waals surface area contributed by atoms with Gasteiger partial charge in [-0.15, -0.1) is 0 Å². The van der Waals surface area contributed by atoms with E-state index in [1.807, 2.05) is 24.3 Å². The smallest absolute Gasteiger partial charge is 0.339 e. The predicted molar refractivity (Wildman–Crippen MR) is 119 cm³/mol. The van der Waals surface area contributed by atoms with Gasteiger partial charge >= 0.3 is 5.97 Å². The molecule has 1 unspecified atom stereocenters. The van der Waals surface area contributed by atoms with E-state index in [9.17, 15) is 9.59 Å². The molecule has 3 heterocycles. The molecule has 31 heavy (non-hydrogen) atoms. The molecule has 7 heteroatoms. The van der Waals surface area contributed by atoms with Crippen LogP contribution in [-0.4, -0.2) is 45.9 Å². The highest BCUT2D eigenvalue weighted by Gasteiger charge is 2.28. The van der Waals surface area contributed by atoms with E-state index in [4.69, 9.17) is 9.72 Å². The summed E-state index contributed by atoms with van der Waals surface area (Å²) in [6.07, 6.45) is 4.05. The average molecular weight is 418 g/mol. The third kappa shape index (κ3) is 4.56.